The maximum atomic E-state index is 11.1. The summed E-state index contributed by atoms with van der Waals surface area (Å²) in [7, 11) is 0. The Balaban J connectivity index is 1.96. The molecule has 100 valence electrons. The van der Waals surface area contributed by atoms with Crippen molar-refractivity contribution in [2.45, 2.75) is 30.1 Å². The summed E-state index contributed by atoms with van der Waals surface area (Å²) in [4.78, 5) is 22.2. The van der Waals surface area contributed by atoms with Crippen LogP contribution in [0.15, 0.2) is 45.6 Å². The van der Waals surface area contributed by atoms with E-state index in [4.69, 9.17) is 0 Å². The highest BCUT2D eigenvalue weighted by molar-refractivity contribution is 7.99. The standard InChI is InChI=1S/C13H16N4OS/c1-2-6-14-8-10-3-4-12(16-9-10)19-13-15-7-5-11(18)17-13/h3-5,7,9,14H,2,6,8H2,1H3,(H,15,17,18). The Bertz CT molecular complexity index is 567. The Morgan fingerprint density at radius 3 is 2.89 bits per heavy atom. The van der Waals surface area contributed by atoms with Crippen LogP contribution in [0.1, 0.15) is 18.9 Å². The molecular formula is C13H16N4OS. The normalized spacial score (nSPS) is 10.6. The molecule has 2 rings (SSSR count). The van der Waals surface area contributed by atoms with E-state index in [1.807, 2.05) is 18.3 Å². The first-order valence-electron chi connectivity index (χ1n) is 6.17. The molecule has 0 aromatic carbocycles. The van der Waals surface area contributed by atoms with E-state index in [1.54, 1.807) is 0 Å². The highest BCUT2D eigenvalue weighted by Crippen LogP contribution is 2.20. The van der Waals surface area contributed by atoms with Crippen LogP contribution >= 0.6 is 11.8 Å². The summed E-state index contributed by atoms with van der Waals surface area (Å²) in [6.45, 7) is 3.97. The lowest BCUT2D eigenvalue weighted by Crippen LogP contribution is -2.13. The van der Waals surface area contributed by atoms with Crippen LogP contribution in [0.3, 0.4) is 0 Å². The molecule has 2 N–H and O–H groups in total. The van der Waals surface area contributed by atoms with Gasteiger partial charge in [-0.1, -0.05) is 13.0 Å². The lowest BCUT2D eigenvalue weighted by molar-refractivity contribution is 0.673. The molecule has 0 saturated carbocycles. The number of aromatic amines is 1. The number of hydrogen-bond donors (Lipinski definition) is 2. The summed E-state index contributed by atoms with van der Waals surface area (Å²) < 4.78 is 0. The van der Waals surface area contributed by atoms with Gasteiger partial charge in [-0.05, 0) is 36.4 Å². The van der Waals surface area contributed by atoms with Gasteiger partial charge in [-0.3, -0.25) is 4.79 Å². The SMILES string of the molecule is CCCNCc1ccc(Sc2nccc(=O)[nH]2)nc1. The molecular weight excluding hydrogens is 260 g/mol. The van der Waals surface area contributed by atoms with Crippen molar-refractivity contribution in [1.82, 2.24) is 20.3 Å². The first-order chi connectivity index (χ1) is 9.28. The van der Waals surface area contributed by atoms with E-state index in [1.165, 1.54) is 24.0 Å². The van der Waals surface area contributed by atoms with Gasteiger partial charge in [0.15, 0.2) is 5.16 Å². The Kier molecular flexibility index (Phi) is 5.11. The van der Waals surface area contributed by atoms with E-state index in [0.29, 0.717) is 5.16 Å². The molecule has 0 spiro atoms. The fourth-order valence-electron chi connectivity index (χ4n) is 1.49. The molecule has 5 nitrogen and oxygen atoms in total. The van der Waals surface area contributed by atoms with Crippen LogP contribution in [0.25, 0.3) is 0 Å². The van der Waals surface area contributed by atoms with Crippen LogP contribution in [0.4, 0.5) is 0 Å². The predicted octanol–water partition coefficient (Wildman–Crippen LogP) is 1.82. The van der Waals surface area contributed by atoms with Crippen LogP contribution in [0, 0.1) is 0 Å². The van der Waals surface area contributed by atoms with Gasteiger partial charge in [-0.2, -0.15) is 0 Å². The van der Waals surface area contributed by atoms with Gasteiger partial charge in [-0.15, -0.1) is 0 Å². The van der Waals surface area contributed by atoms with E-state index < -0.39 is 0 Å². The minimum atomic E-state index is -0.155. The van der Waals surface area contributed by atoms with Gasteiger partial charge in [0.05, 0.1) is 0 Å². The third kappa shape index (κ3) is 4.50. The summed E-state index contributed by atoms with van der Waals surface area (Å²) in [6, 6.07) is 5.35. The Morgan fingerprint density at radius 2 is 2.21 bits per heavy atom. The molecule has 0 unspecified atom stereocenters. The van der Waals surface area contributed by atoms with E-state index >= 15 is 0 Å². The number of pyridine rings is 1. The summed E-state index contributed by atoms with van der Waals surface area (Å²) >= 11 is 1.34. The Hall–Kier alpha value is -1.66. The van der Waals surface area contributed by atoms with E-state index in [2.05, 4.69) is 27.2 Å². The van der Waals surface area contributed by atoms with Crippen LogP contribution in [-0.2, 0) is 6.54 Å². The molecule has 0 saturated heterocycles. The fraction of sp³-hybridized carbons (Fsp3) is 0.308. The number of H-pyrrole nitrogens is 1. The van der Waals surface area contributed by atoms with Gasteiger partial charge in [0.25, 0.3) is 5.56 Å². The summed E-state index contributed by atoms with van der Waals surface area (Å²) in [6.07, 6.45) is 4.45. The maximum absolute atomic E-state index is 11.1. The summed E-state index contributed by atoms with van der Waals surface area (Å²) in [5, 5.41) is 4.69. The lowest BCUT2D eigenvalue weighted by Gasteiger charge is -2.04. The van der Waals surface area contributed by atoms with Crippen molar-refractivity contribution in [3.63, 3.8) is 0 Å². The molecule has 2 aromatic heterocycles. The van der Waals surface area contributed by atoms with E-state index in [-0.39, 0.29) is 5.56 Å². The number of nitrogens with one attached hydrogen (secondary N) is 2. The number of nitrogens with zero attached hydrogens (tertiary/aromatic N) is 2. The zero-order chi connectivity index (χ0) is 13.5. The van der Waals surface area contributed by atoms with Crippen molar-refractivity contribution in [3.8, 4) is 0 Å². The molecule has 2 heterocycles. The molecule has 0 aliphatic rings. The van der Waals surface area contributed by atoms with Crippen LogP contribution in [0.2, 0.25) is 0 Å². The zero-order valence-electron chi connectivity index (χ0n) is 10.7. The van der Waals surface area contributed by atoms with Gasteiger partial charge in [0.1, 0.15) is 5.03 Å². The third-order valence-corrected chi connectivity index (χ3v) is 3.25. The first-order valence-corrected chi connectivity index (χ1v) is 6.98. The van der Waals surface area contributed by atoms with Gasteiger partial charge >= 0.3 is 0 Å². The van der Waals surface area contributed by atoms with E-state index in [0.717, 1.165) is 30.1 Å². The van der Waals surface area contributed by atoms with E-state index in [9.17, 15) is 4.79 Å². The first kappa shape index (κ1) is 13.8. The van der Waals surface area contributed by atoms with Gasteiger partial charge in [0, 0.05) is 25.0 Å². The molecule has 0 atom stereocenters. The second-order valence-electron chi connectivity index (χ2n) is 4.02. The van der Waals surface area contributed by atoms with Crippen molar-refractivity contribution in [2.75, 3.05) is 6.54 Å². The molecule has 0 fully saturated rings. The van der Waals surface area contributed by atoms with Crippen molar-refractivity contribution < 1.29 is 0 Å². The molecule has 0 amide bonds. The monoisotopic (exact) mass is 276 g/mol. The third-order valence-electron chi connectivity index (χ3n) is 2.40. The number of hydrogen-bond acceptors (Lipinski definition) is 5. The number of aromatic nitrogens is 3. The van der Waals surface area contributed by atoms with Gasteiger partial charge in [0.2, 0.25) is 0 Å². The smallest absolute Gasteiger partial charge is 0.251 e. The second kappa shape index (κ2) is 7.06. The maximum Gasteiger partial charge on any atom is 0.251 e. The van der Waals surface area contributed by atoms with Crippen molar-refractivity contribution in [2.24, 2.45) is 0 Å². The zero-order valence-corrected chi connectivity index (χ0v) is 11.5. The van der Waals surface area contributed by atoms with Crippen molar-refractivity contribution >= 4 is 11.8 Å². The quantitative estimate of drug-likeness (QED) is 0.622. The Morgan fingerprint density at radius 1 is 1.32 bits per heavy atom. The van der Waals surface area contributed by atoms with Crippen molar-refractivity contribution in [1.29, 1.82) is 0 Å². The van der Waals surface area contributed by atoms with Crippen LogP contribution < -0.4 is 10.9 Å². The highest BCUT2D eigenvalue weighted by atomic mass is 32.2. The predicted molar refractivity (Wildman–Crippen MR) is 75.2 cm³/mol. The topological polar surface area (TPSA) is 70.7 Å². The molecule has 19 heavy (non-hydrogen) atoms. The van der Waals surface area contributed by atoms with Gasteiger partial charge in [-0.25, -0.2) is 9.97 Å². The lowest BCUT2D eigenvalue weighted by atomic mass is 10.3. The van der Waals surface area contributed by atoms with Crippen LogP contribution in [-0.4, -0.2) is 21.5 Å². The van der Waals surface area contributed by atoms with Crippen LogP contribution in [0.5, 0.6) is 0 Å². The van der Waals surface area contributed by atoms with Gasteiger partial charge < -0.3 is 10.3 Å². The fourth-order valence-corrected chi connectivity index (χ4v) is 2.19. The molecule has 0 bridgehead atoms. The largest absolute Gasteiger partial charge is 0.313 e. The van der Waals surface area contributed by atoms with Crippen molar-refractivity contribution in [3.05, 3.63) is 46.5 Å². The molecule has 0 aliphatic heterocycles. The Labute approximate surface area is 115 Å². The molecule has 6 heteroatoms. The second-order valence-corrected chi connectivity index (χ2v) is 5.03. The average molecular weight is 276 g/mol. The minimum absolute atomic E-state index is 0.155. The molecule has 2 aromatic rings. The molecule has 0 radical (unpaired) electrons. The molecule has 0 aliphatic carbocycles. The minimum Gasteiger partial charge on any atom is -0.313 e. The summed E-state index contributed by atoms with van der Waals surface area (Å²) in [5.74, 6) is 0. The average Bonchev–Trinajstić information content (AvgIpc) is 2.41. The number of rotatable bonds is 6. The highest BCUT2D eigenvalue weighted by Gasteiger charge is 2.01. The summed E-state index contributed by atoms with van der Waals surface area (Å²) in [5.41, 5.74) is 0.991.